The number of amides is 1. The van der Waals surface area contributed by atoms with Crippen LogP contribution in [0.3, 0.4) is 0 Å². The van der Waals surface area contributed by atoms with Gasteiger partial charge in [-0.1, -0.05) is 52.5 Å². The zero-order valence-corrected chi connectivity index (χ0v) is 24.2. The molecule has 2 aliphatic rings. The maximum absolute atomic E-state index is 13.3. The largest absolute Gasteiger partial charge is 0.423 e. The number of nitro groups is 1. The van der Waals surface area contributed by atoms with Crippen LogP contribution >= 0.6 is 0 Å². The van der Waals surface area contributed by atoms with E-state index in [4.69, 9.17) is 0 Å². The van der Waals surface area contributed by atoms with Gasteiger partial charge in [-0.2, -0.15) is 13.2 Å². The van der Waals surface area contributed by atoms with E-state index in [1.165, 1.54) is 17.2 Å². The first-order chi connectivity index (χ1) is 19.3. The number of carbonyl (C=O) groups excluding carboxylic acids is 1. The molecule has 7 nitrogen and oxygen atoms in total. The van der Waals surface area contributed by atoms with E-state index in [-0.39, 0.29) is 30.5 Å². The highest BCUT2D eigenvalue weighted by Crippen LogP contribution is 2.38. The fourth-order valence-corrected chi connectivity index (χ4v) is 5.85. The molecule has 2 aromatic rings. The summed E-state index contributed by atoms with van der Waals surface area (Å²) in [5.41, 5.74) is 0.828. The second-order valence-electron chi connectivity index (χ2n) is 12.5. The first-order valence-corrected chi connectivity index (χ1v) is 14.5. The molecule has 2 saturated heterocycles. The van der Waals surface area contributed by atoms with Crippen molar-refractivity contribution in [3.05, 3.63) is 69.3 Å². The van der Waals surface area contributed by atoms with E-state index in [1.54, 1.807) is 4.90 Å². The molecule has 2 aromatic carbocycles. The number of benzene rings is 2. The molecule has 0 saturated carbocycles. The molecule has 10 heteroatoms. The van der Waals surface area contributed by atoms with Gasteiger partial charge in [-0.05, 0) is 86.3 Å². The Hall–Kier alpha value is -3.14. The van der Waals surface area contributed by atoms with Crippen LogP contribution in [0.5, 0.6) is 0 Å². The lowest BCUT2D eigenvalue weighted by atomic mass is 9.85. The van der Waals surface area contributed by atoms with Crippen molar-refractivity contribution in [1.29, 1.82) is 0 Å². The maximum atomic E-state index is 13.3. The minimum Gasteiger partial charge on any atom is -0.380 e. The summed E-state index contributed by atoms with van der Waals surface area (Å²) in [7, 11) is 0. The predicted octanol–water partition coefficient (Wildman–Crippen LogP) is 7.29. The van der Waals surface area contributed by atoms with Crippen LogP contribution in [0.1, 0.15) is 77.0 Å². The topological polar surface area (TPSA) is 78.7 Å². The minimum atomic E-state index is -4.83. The number of nitrogens with zero attached hydrogens (tertiary/aromatic N) is 3. The molecular formula is C32H45F3N4O3. The van der Waals surface area contributed by atoms with E-state index >= 15 is 0 Å². The third kappa shape index (κ3) is 8.93. The molecule has 0 unspecified atom stereocenters. The van der Waals surface area contributed by atoms with Gasteiger partial charge in [0.05, 0.1) is 4.92 Å². The Morgan fingerprint density at radius 2 is 1.69 bits per heavy atom. The highest BCUT2D eigenvalue weighted by molar-refractivity contribution is 5.76. The van der Waals surface area contributed by atoms with E-state index in [0.717, 1.165) is 57.5 Å². The number of rotatable bonds is 9. The number of halogens is 3. The molecule has 1 amide bonds. The number of hydrogen-bond donors (Lipinski definition) is 1. The Morgan fingerprint density at radius 3 is 2.29 bits per heavy atom. The van der Waals surface area contributed by atoms with Gasteiger partial charge >= 0.3 is 6.18 Å². The summed E-state index contributed by atoms with van der Waals surface area (Å²) < 4.78 is 39.9. The molecule has 1 atom stereocenters. The molecule has 0 aromatic heterocycles. The Kier molecular flexibility index (Phi) is 11.0. The van der Waals surface area contributed by atoms with Crippen LogP contribution in [0.25, 0.3) is 0 Å². The third-order valence-corrected chi connectivity index (χ3v) is 8.33. The number of piperidine rings is 1. The summed E-state index contributed by atoms with van der Waals surface area (Å²) in [5.74, 6) is 0.743. The zero-order chi connectivity index (χ0) is 29.8. The molecule has 232 valence electrons. The Balaban J connectivity index is 0.00000484. The molecule has 0 aliphatic carbocycles. The van der Waals surface area contributed by atoms with Crippen molar-refractivity contribution in [2.45, 2.75) is 84.4 Å². The molecule has 0 radical (unpaired) electrons. The summed E-state index contributed by atoms with van der Waals surface area (Å²) in [4.78, 5) is 26.9. The first kappa shape index (κ1) is 33.4. The number of anilines is 1. The van der Waals surface area contributed by atoms with Gasteiger partial charge in [-0.15, -0.1) is 0 Å². The van der Waals surface area contributed by atoms with Gasteiger partial charge in [0.1, 0.15) is 5.56 Å². The summed E-state index contributed by atoms with van der Waals surface area (Å²) in [6.07, 6.45) is 0.437. The normalized spacial score (nSPS) is 18.5. The zero-order valence-electron chi connectivity index (χ0n) is 24.2. The molecule has 1 N–H and O–H groups in total. The number of likely N-dealkylation sites (tertiary alicyclic amines) is 2. The predicted molar refractivity (Wildman–Crippen MR) is 161 cm³/mol. The average molecular weight is 591 g/mol. The lowest BCUT2D eigenvalue weighted by Gasteiger charge is -2.32. The van der Waals surface area contributed by atoms with Crippen LogP contribution in [0, 0.1) is 16.0 Å². The lowest BCUT2D eigenvalue weighted by molar-refractivity contribution is -0.388. The van der Waals surface area contributed by atoms with E-state index in [9.17, 15) is 28.1 Å². The third-order valence-electron chi connectivity index (χ3n) is 8.33. The molecule has 0 spiro atoms. The number of carbonyl (C=O) groups is 1. The quantitative estimate of drug-likeness (QED) is 0.245. The van der Waals surface area contributed by atoms with Crippen molar-refractivity contribution < 1.29 is 22.9 Å². The van der Waals surface area contributed by atoms with Crippen molar-refractivity contribution in [3.8, 4) is 0 Å². The SMILES string of the molecule is C.CC(C)(C)c1ccc(CC2CCN(CCCC(=O)N3CC[C@@H](Nc4ccc([N+](=O)[O-])c(C(F)(F)F)c4)C3)CC2)cc1. The molecule has 2 aliphatic heterocycles. The van der Waals surface area contributed by atoms with Crippen LogP contribution in [0.15, 0.2) is 42.5 Å². The van der Waals surface area contributed by atoms with Gasteiger partial charge < -0.3 is 15.1 Å². The van der Waals surface area contributed by atoms with Crippen molar-refractivity contribution in [2.24, 2.45) is 5.92 Å². The summed E-state index contributed by atoms with van der Waals surface area (Å²) in [5, 5.41) is 14.0. The van der Waals surface area contributed by atoms with Crippen molar-refractivity contribution in [2.75, 3.05) is 38.0 Å². The Morgan fingerprint density at radius 1 is 1.02 bits per heavy atom. The van der Waals surface area contributed by atoms with Crippen LogP contribution in [0.4, 0.5) is 24.5 Å². The molecular weight excluding hydrogens is 545 g/mol. The van der Waals surface area contributed by atoms with Crippen molar-refractivity contribution in [3.63, 3.8) is 0 Å². The average Bonchev–Trinajstić information content (AvgIpc) is 3.37. The second kappa shape index (κ2) is 13.9. The van der Waals surface area contributed by atoms with Crippen LogP contribution in [-0.2, 0) is 22.8 Å². The second-order valence-corrected chi connectivity index (χ2v) is 12.5. The molecule has 2 fully saturated rings. The monoisotopic (exact) mass is 590 g/mol. The summed E-state index contributed by atoms with van der Waals surface area (Å²) in [6.45, 7) is 10.6. The lowest BCUT2D eigenvalue weighted by Crippen LogP contribution is -2.36. The van der Waals surface area contributed by atoms with Gasteiger partial charge in [0.15, 0.2) is 0 Å². The van der Waals surface area contributed by atoms with E-state index in [0.29, 0.717) is 31.8 Å². The van der Waals surface area contributed by atoms with E-state index < -0.39 is 22.4 Å². The van der Waals surface area contributed by atoms with Gasteiger partial charge in [0.25, 0.3) is 5.69 Å². The first-order valence-electron chi connectivity index (χ1n) is 14.5. The number of nitrogens with one attached hydrogen (secondary N) is 1. The fraction of sp³-hybridized carbons (Fsp3) is 0.594. The maximum Gasteiger partial charge on any atom is 0.423 e. The van der Waals surface area contributed by atoms with Crippen molar-refractivity contribution >= 4 is 17.3 Å². The molecule has 4 rings (SSSR count). The summed E-state index contributed by atoms with van der Waals surface area (Å²) >= 11 is 0. The van der Waals surface area contributed by atoms with E-state index in [1.807, 2.05) is 0 Å². The van der Waals surface area contributed by atoms with Gasteiger partial charge in [-0.3, -0.25) is 14.9 Å². The Bertz CT molecular complexity index is 1200. The Labute approximate surface area is 247 Å². The number of alkyl halides is 3. The standard InChI is InChI=1S/C31H41F3N4O3.CH4/c1-30(2,3)24-8-6-22(7-9-24)19-23-12-16-36(17-13-23)15-4-5-29(39)37-18-14-26(21-37)35-25-10-11-28(38(40)41)27(20-25)31(32,33)34;/h6-11,20,23,26,35H,4-5,12-19,21H2,1-3H3;1H4/t26-;/m1./s1. The van der Waals surface area contributed by atoms with Gasteiger partial charge in [0, 0.05) is 37.3 Å². The molecule has 0 bridgehead atoms. The molecule has 2 heterocycles. The highest BCUT2D eigenvalue weighted by Gasteiger charge is 2.38. The van der Waals surface area contributed by atoms with Crippen LogP contribution in [-0.4, -0.2) is 59.4 Å². The number of nitro benzene ring substituents is 1. The number of hydrogen-bond acceptors (Lipinski definition) is 5. The van der Waals surface area contributed by atoms with Crippen molar-refractivity contribution in [1.82, 2.24) is 9.80 Å². The smallest absolute Gasteiger partial charge is 0.380 e. The summed E-state index contributed by atoms with van der Waals surface area (Å²) in [6, 6.07) is 11.8. The fourth-order valence-electron chi connectivity index (χ4n) is 5.85. The van der Waals surface area contributed by atoms with Gasteiger partial charge in [-0.25, -0.2) is 0 Å². The van der Waals surface area contributed by atoms with Gasteiger partial charge in [0.2, 0.25) is 5.91 Å². The van der Waals surface area contributed by atoms with Crippen LogP contribution in [0.2, 0.25) is 0 Å². The molecule has 42 heavy (non-hydrogen) atoms. The van der Waals surface area contributed by atoms with Crippen LogP contribution < -0.4 is 5.32 Å². The highest BCUT2D eigenvalue weighted by atomic mass is 19.4. The minimum absolute atomic E-state index is 0. The van der Waals surface area contributed by atoms with E-state index in [2.05, 4.69) is 55.3 Å².